The molecule has 0 radical (unpaired) electrons. The van der Waals surface area contributed by atoms with E-state index in [2.05, 4.69) is 87.2 Å². The van der Waals surface area contributed by atoms with Crippen LogP contribution in [0.1, 0.15) is 38.1 Å². The molecule has 1 aliphatic rings. The van der Waals surface area contributed by atoms with Crippen LogP contribution in [0.3, 0.4) is 0 Å². The molecule has 0 fully saturated rings. The Hall–Kier alpha value is -1.65. The Balaban J connectivity index is 1.95. The second kappa shape index (κ2) is 6.34. The molecular weight excluding hydrogens is 332 g/mol. The van der Waals surface area contributed by atoms with Gasteiger partial charge in [0.15, 0.2) is 0 Å². The van der Waals surface area contributed by atoms with Crippen LogP contribution in [0.2, 0.25) is 0 Å². The first-order valence-corrected chi connectivity index (χ1v) is 9.66. The Morgan fingerprint density at radius 3 is 2.58 bits per heavy atom. The summed E-state index contributed by atoms with van der Waals surface area (Å²) in [4.78, 5) is 1.33. The van der Waals surface area contributed by atoms with Gasteiger partial charge in [-0.2, -0.15) is 0 Å². The standard InChI is InChI=1S/C20H24N2S2/c1-13(2)22(24-19-10-7-15(4)23-19)16-8-9-18-17(11-16)14(3)12-20(5,6)21-18/h7-12,21H,1H2,2-6H3. The molecule has 0 unspecified atom stereocenters. The highest BCUT2D eigenvalue weighted by molar-refractivity contribution is 8.02. The van der Waals surface area contributed by atoms with Crippen LogP contribution in [0, 0.1) is 6.92 Å². The third-order valence-corrected chi connectivity index (χ3v) is 6.23. The molecule has 0 spiro atoms. The molecule has 0 atom stereocenters. The summed E-state index contributed by atoms with van der Waals surface area (Å²) in [6, 6.07) is 10.9. The average molecular weight is 357 g/mol. The van der Waals surface area contributed by atoms with Gasteiger partial charge in [-0.3, -0.25) is 4.31 Å². The maximum atomic E-state index is 4.17. The van der Waals surface area contributed by atoms with Crippen LogP contribution in [0.15, 0.2) is 52.9 Å². The zero-order valence-electron chi connectivity index (χ0n) is 14.9. The van der Waals surface area contributed by atoms with E-state index in [4.69, 9.17) is 0 Å². The Kier molecular flexibility index (Phi) is 4.54. The molecule has 3 rings (SSSR count). The van der Waals surface area contributed by atoms with E-state index in [1.54, 1.807) is 11.9 Å². The number of aryl methyl sites for hydroxylation is 1. The molecule has 1 N–H and O–H groups in total. The molecule has 4 heteroatoms. The summed E-state index contributed by atoms with van der Waals surface area (Å²) >= 11 is 3.55. The van der Waals surface area contributed by atoms with Gasteiger partial charge in [-0.1, -0.05) is 12.7 Å². The minimum atomic E-state index is -0.00408. The van der Waals surface area contributed by atoms with Crippen LogP contribution < -0.4 is 9.62 Å². The highest BCUT2D eigenvalue weighted by Crippen LogP contribution is 2.40. The van der Waals surface area contributed by atoms with Crippen molar-refractivity contribution < 1.29 is 0 Å². The van der Waals surface area contributed by atoms with Crippen molar-refractivity contribution >= 4 is 40.2 Å². The Labute approximate surface area is 153 Å². The summed E-state index contributed by atoms with van der Waals surface area (Å²) < 4.78 is 3.48. The smallest absolute Gasteiger partial charge is 0.0816 e. The molecule has 0 amide bonds. The predicted octanol–water partition coefficient (Wildman–Crippen LogP) is 6.71. The summed E-state index contributed by atoms with van der Waals surface area (Å²) in [5.74, 6) is 0. The molecule has 126 valence electrons. The van der Waals surface area contributed by atoms with Crippen LogP contribution in [0.4, 0.5) is 11.4 Å². The van der Waals surface area contributed by atoms with E-state index in [1.165, 1.54) is 25.9 Å². The third-order valence-electron chi connectivity index (χ3n) is 3.94. The van der Waals surface area contributed by atoms with E-state index in [0.717, 1.165) is 11.4 Å². The van der Waals surface area contributed by atoms with E-state index < -0.39 is 0 Å². The summed E-state index contributed by atoms with van der Waals surface area (Å²) in [6.45, 7) is 14.9. The van der Waals surface area contributed by atoms with Crippen molar-refractivity contribution in [1.82, 2.24) is 0 Å². The van der Waals surface area contributed by atoms with Gasteiger partial charge in [0.2, 0.25) is 0 Å². The number of hydrogen-bond donors (Lipinski definition) is 1. The largest absolute Gasteiger partial charge is 0.376 e. The van der Waals surface area contributed by atoms with Crippen molar-refractivity contribution in [2.75, 3.05) is 9.62 Å². The summed E-state index contributed by atoms with van der Waals surface area (Å²) in [7, 11) is 0. The van der Waals surface area contributed by atoms with E-state index in [1.807, 2.05) is 11.3 Å². The predicted molar refractivity (Wildman–Crippen MR) is 110 cm³/mol. The number of anilines is 2. The molecular formula is C20H24N2S2. The first-order valence-electron chi connectivity index (χ1n) is 8.07. The van der Waals surface area contributed by atoms with Crippen molar-refractivity contribution in [2.45, 2.75) is 44.4 Å². The second-order valence-corrected chi connectivity index (χ2v) is 9.42. The first-order chi connectivity index (χ1) is 11.2. The van der Waals surface area contributed by atoms with Crippen LogP contribution in [-0.4, -0.2) is 5.54 Å². The molecule has 24 heavy (non-hydrogen) atoms. The zero-order chi connectivity index (χ0) is 17.5. The van der Waals surface area contributed by atoms with Crippen molar-refractivity contribution in [3.8, 4) is 0 Å². The number of rotatable bonds is 4. The van der Waals surface area contributed by atoms with Gasteiger partial charge in [0.1, 0.15) is 0 Å². The van der Waals surface area contributed by atoms with Gasteiger partial charge in [-0.15, -0.1) is 11.3 Å². The van der Waals surface area contributed by atoms with Crippen LogP contribution in [-0.2, 0) is 0 Å². The second-order valence-electron chi connectivity index (χ2n) is 6.89. The lowest BCUT2D eigenvalue weighted by Gasteiger charge is -2.32. The molecule has 2 aromatic rings. The molecule has 1 aromatic carbocycles. The Morgan fingerprint density at radius 1 is 1.21 bits per heavy atom. The average Bonchev–Trinajstić information content (AvgIpc) is 2.88. The van der Waals surface area contributed by atoms with Gasteiger partial charge in [-0.05, 0) is 70.5 Å². The van der Waals surface area contributed by atoms with Crippen LogP contribution in [0.5, 0.6) is 0 Å². The van der Waals surface area contributed by atoms with Gasteiger partial charge < -0.3 is 5.32 Å². The summed E-state index contributed by atoms with van der Waals surface area (Å²) in [5, 5.41) is 3.59. The Morgan fingerprint density at radius 2 is 1.96 bits per heavy atom. The van der Waals surface area contributed by atoms with Gasteiger partial charge in [0.25, 0.3) is 0 Å². The van der Waals surface area contributed by atoms with E-state index in [-0.39, 0.29) is 5.54 Å². The third kappa shape index (κ3) is 3.55. The maximum Gasteiger partial charge on any atom is 0.0816 e. The molecule has 1 aliphatic heterocycles. The van der Waals surface area contributed by atoms with Gasteiger partial charge >= 0.3 is 0 Å². The van der Waals surface area contributed by atoms with Crippen molar-refractivity contribution in [3.63, 3.8) is 0 Å². The molecule has 2 nitrogen and oxygen atoms in total. The highest BCUT2D eigenvalue weighted by Gasteiger charge is 2.23. The van der Waals surface area contributed by atoms with Crippen molar-refractivity contribution in [2.24, 2.45) is 0 Å². The van der Waals surface area contributed by atoms with Crippen LogP contribution in [0.25, 0.3) is 5.57 Å². The van der Waals surface area contributed by atoms with Crippen LogP contribution >= 0.6 is 23.3 Å². The quantitative estimate of drug-likeness (QED) is 0.613. The lowest BCUT2D eigenvalue weighted by Crippen LogP contribution is -2.31. The van der Waals surface area contributed by atoms with E-state index in [0.29, 0.717) is 0 Å². The Bertz CT molecular complexity index is 815. The number of hydrogen-bond acceptors (Lipinski definition) is 4. The fourth-order valence-electron chi connectivity index (χ4n) is 3.00. The fourth-order valence-corrected chi connectivity index (χ4v) is 5.04. The highest BCUT2D eigenvalue weighted by atomic mass is 32.2. The number of benzene rings is 1. The number of nitrogens with one attached hydrogen (secondary N) is 1. The lowest BCUT2D eigenvalue weighted by molar-refractivity contribution is 0.707. The van der Waals surface area contributed by atoms with Gasteiger partial charge in [0, 0.05) is 33.8 Å². The number of fused-ring (bicyclic) bond motifs is 1. The fraction of sp³-hybridized carbons (Fsp3) is 0.300. The maximum absolute atomic E-state index is 4.17. The molecule has 0 saturated heterocycles. The summed E-state index contributed by atoms with van der Waals surface area (Å²) in [6.07, 6.45) is 2.29. The van der Waals surface area contributed by atoms with Crippen molar-refractivity contribution in [3.05, 3.63) is 59.1 Å². The topological polar surface area (TPSA) is 15.3 Å². The number of nitrogens with zero attached hydrogens (tertiary/aromatic N) is 1. The minimum Gasteiger partial charge on any atom is -0.376 e. The van der Waals surface area contributed by atoms with Gasteiger partial charge in [-0.25, -0.2) is 0 Å². The van der Waals surface area contributed by atoms with Crippen molar-refractivity contribution in [1.29, 1.82) is 0 Å². The molecule has 2 heterocycles. The van der Waals surface area contributed by atoms with E-state index >= 15 is 0 Å². The summed E-state index contributed by atoms with van der Waals surface area (Å²) in [5.41, 5.74) is 5.96. The molecule has 0 aliphatic carbocycles. The first kappa shape index (κ1) is 17.2. The molecule has 0 bridgehead atoms. The minimum absolute atomic E-state index is 0.00408. The normalized spacial score (nSPS) is 15.3. The van der Waals surface area contributed by atoms with E-state index in [9.17, 15) is 0 Å². The number of allylic oxidation sites excluding steroid dienone is 2. The SMILES string of the molecule is C=C(C)N(Sc1ccc(C)s1)c1ccc2c(c1)C(C)=CC(C)(C)N2. The molecule has 0 saturated carbocycles. The lowest BCUT2D eigenvalue weighted by atomic mass is 9.91. The molecule has 1 aromatic heterocycles. The number of thiophene rings is 1. The van der Waals surface area contributed by atoms with Gasteiger partial charge in [0.05, 0.1) is 15.4 Å². The monoisotopic (exact) mass is 356 g/mol. The zero-order valence-corrected chi connectivity index (χ0v) is 16.6.